The van der Waals surface area contributed by atoms with Gasteiger partial charge >= 0.3 is 0 Å². The molecular weight excluding hydrogens is 563 g/mol. The summed E-state index contributed by atoms with van der Waals surface area (Å²) in [4.78, 5) is 2.52. The molecule has 9 rings (SSSR count). The van der Waals surface area contributed by atoms with Crippen molar-refractivity contribution in [3.05, 3.63) is 163 Å². The Hall–Kier alpha value is -5.18. The molecule has 1 aliphatic carbocycles. The van der Waals surface area contributed by atoms with Gasteiger partial charge in [0.2, 0.25) is 0 Å². The molecule has 7 aromatic carbocycles. The lowest BCUT2D eigenvalue weighted by molar-refractivity contribution is 0.660. The van der Waals surface area contributed by atoms with Crippen LogP contribution in [0.3, 0.4) is 0 Å². The molecule has 1 aliphatic rings. The Bertz CT molecular complexity index is 2410. The van der Waals surface area contributed by atoms with E-state index in [2.05, 4.69) is 170 Å². The van der Waals surface area contributed by atoms with Crippen LogP contribution in [0, 0.1) is 0 Å². The van der Waals surface area contributed by atoms with E-state index in [9.17, 15) is 0 Å². The van der Waals surface area contributed by atoms with Gasteiger partial charge in [0.15, 0.2) is 0 Å². The van der Waals surface area contributed by atoms with E-state index in [0.29, 0.717) is 0 Å². The normalized spacial score (nSPS) is 13.3. The van der Waals surface area contributed by atoms with Crippen molar-refractivity contribution in [2.45, 2.75) is 19.3 Å². The zero-order valence-corrected chi connectivity index (χ0v) is 26.1. The largest absolute Gasteiger partial charge is 0.309 e. The lowest BCUT2D eigenvalue weighted by Gasteiger charge is -2.30. The van der Waals surface area contributed by atoms with Crippen LogP contribution in [0.1, 0.15) is 25.0 Å². The summed E-state index contributed by atoms with van der Waals surface area (Å²) in [6, 6.07) is 55.9. The Labute approximate surface area is 267 Å². The summed E-state index contributed by atoms with van der Waals surface area (Å²) in [5, 5.41) is 5.16. The first-order chi connectivity index (χ1) is 22.1. The Morgan fingerprint density at radius 2 is 1.18 bits per heavy atom. The second kappa shape index (κ2) is 9.92. The standard InChI is InChI=1S/C43H31NS/c1-43(2)35-20-9-8-19-33(35)41-36(43)21-11-22-37(41)44(32-18-10-17-29(25-32)28-13-4-3-5-14-28)38-23-12-24-39-42(38)34-26-30-15-6-7-16-31(30)27-40(34)45-39/h3-27H,1-2H3. The number of hydrogen-bond acceptors (Lipinski definition) is 2. The quantitative estimate of drug-likeness (QED) is 0.196. The molecule has 0 aliphatic heterocycles. The average Bonchev–Trinajstić information content (AvgIpc) is 3.56. The number of thiophene rings is 1. The van der Waals surface area contributed by atoms with Crippen LogP contribution in [-0.2, 0) is 5.41 Å². The number of rotatable bonds is 4. The molecule has 0 atom stereocenters. The van der Waals surface area contributed by atoms with E-state index in [1.54, 1.807) is 0 Å². The van der Waals surface area contributed by atoms with Crippen LogP contribution in [0.25, 0.3) is 53.2 Å². The zero-order chi connectivity index (χ0) is 30.1. The van der Waals surface area contributed by atoms with E-state index < -0.39 is 0 Å². The fraction of sp³-hybridized carbons (Fsp3) is 0.0698. The third-order valence-corrected chi connectivity index (χ3v) is 10.7. The Morgan fingerprint density at radius 3 is 2.04 bits per heavy atom. The Morgan fingerprint density at radius 1 is 0.511 bits per heavy atom. The minimum absolute atomic E-state index is 0.0838. The molecule has 45 heavy (non-hydrogen) atoms. The second-order valence-electron chi connectivity index (χ2n) is 12.6. The molecule has 1 heterocycles. The highest BCUT2D eigenvalue weighted by atomic mass is 32.1. The van der Waals surface area contributed by atoms with Crippen molar-refractivity contribution in [3.8, 4) is 22.3 Å². The summed E-state index contributed by atoms with van der Waals surface area (Å²) < 4.78 is 2.62. The van der Waals surface area contributed by atoms with Crippen LogP contribution >= 0.6 is 11.3 Å². The number of nitrogens with zero attached hydrogens (tertiary/aromatic N) is 1. The molecule has 0 saturated carbocycles. The van der Waals surface area contributed by atoms with Crippen molar-refractivity contribution in [1.29, 1.82) is 0 Å². The Kier molecular flexibility index (Phi) is 5.78. The smallest absolute Gasteiger partial charge is 0.0555 e. The van der Waals surface area contributed by atoms with E-state index in [0.717, 1.165) is 5.69 Å². The van der Waals surface area contributed by atoms with Crippen molar-refractivity contribution in [2.24, 2.45) is 0 Å². The summed E-state index contributed by atoms with van der Waals surface area (Å²) >= 11 is 1.89. The predicted octanol–water partition coefficient (Wildman–Crippen LogP) is 12.7. The number of benzene rings is 7. The highest BCUT2D eigenvalue weighted by Crippen LogP contribution is 2.55. The van der Waals surface area contributed by atoms with Crippen molar-refractivity contribution in [2.75, 3.05) is 4.90 Å². The van der Waals surface area contributed by atoms with E-state index in [-0.39, 0.29) is 5.41 Å². The van der Waals surface area contributed by atoms with Crippen LogP contribution < -0.4 is 4.90 Å². The summed E-state index contributed by atoms with van der Waals surface area (Å²) in [6.07, 6.45) is 0. The van der Waals surface area contributed by atoms with Crippen molar-refractivity contribution >= 4 is 59.3 Å². The molecule has 1 nitrogen and oxygen atoms in total. The lowest BCUT2D eigenvalue weighted by Crippen LogP contribution is -2.16. The van der Waals surface area contributed by atoms with Crippen molar-refractivity contribution in [1.82, 2.24) is 0 Å². The highest BCUT2D eigenvalue weighted by molar-refractivity contribution is 7.26. The monoisotopic (exact) mass is 593 g/mol. The molecule has 0 spiro atoms. The molecule has 0 unspecified atom stereocenters. The van der Waals surface area contributed by atoms with Gasteiger partial charge in [-0.2, -0.15) is 0 Å². The van der Waals surface area contributed by atoms with Gasteiger partial charge in [-0.05, 0) is 81.1 Å². The maximum Gasteiger partial charge on any atom is 0.0555 e. The molecule has 214 valence electrons. The van der Waals surface area contributed by atoms with Crippen LogP contribution in [0.2, 0.25) is 0 Å². The number of anilines is 3. The first-order valence-electron chi connectivity index (χ1n) is 15.6. The second-order valence-corrected chi connectivity index (χ2v) is 13.7. The predicted molar refractivity (Wildman–Crippen MR) is 195 cm³/mol. The highest BCUT2D eigenvalue weighted by Gasteiger charge is 2.38. The summed E-state index contributed by atoms with van der Waals surface area (Å²) in [5.74, 6) is 0. The van der Waals surface area contributed by atoms with Gasteiger partial charge in [0.1, 0.15) is 0 Å². The Balaban J connectivity index is 1.38. The topological polar surface area (TPSA) is 3.24 Å². The molecule has 0 N–H and O–H groups in total. The van der Waals surface area contributed by atoms with E-state index in [1.807, 2.05) is 11.3 Å². The number of hydrogen-bond donors (Lipinski definition) is 0. The van der Waals surface area contributed by atoms with Gasteiger partial charge in [0, 0.05) is 36.8 Å². The first-order valence-corrected chi connectivity index (χ1v) is 16.4. The van der Waals surface area contributed by atoms with Crippen molar-refractivity contribution < 1.29 is 0 Å². The fourth-order valence-corrected chi connectivity index (χ4v) is 8.62. The third-order valence-electron chi connectivity index (χ3n) is 9.62. The lowest BCUT2D eigenvalue weighted by atomic mass is 9.82. The molecule has 0 bridgehead atoms. The van der Waals surface area contributed by atoms with Gasteiger partial charge in [0.25, 0.3) is 0 Å². The van der Waals surface area contributed by atoms with Gasteiger partial charge in [-0.15, -0.1) is 11.3 Å². The van der Waals surface area contributed by atoms with Gasteiger partial charge in [0.05, 0.1) is 11.4 Å². The van der Waals surface area contributed by atoms with Crippen LogP contribution in [0.15, 0.2) is 152 Å². The summed E-state index contributed by atoms with van der Waals surface area (Å²) in [7, 11) is 0. The molecular formula is C43H31NS. The minimum Gasteiger partial charge on any atom is -0.309 e. The van der Waals surface area contributed by atoms with Gasteiger partial charge in [-0.25, -0.2) is 0 Å². The van der Waals surface area contributed by atoms with E-state index in [4.69, 9.17) is 0 Å². The fourth-order valence-electron chi connectivity index (χ4n) is 7.46. The minimum atomic E-state index is -0.0838. The molecule has 0 fully saturated rings. The first kappa shape index (κ1) is 26.2. The van der Waals surface area contributed by atoms with Crippen LogP contribution in [0.5, 0.6) is 0 Å². The molecule has 0 amide bonds. The van der Waals surface area contributed by atoms with Crippen LogP contribution in [0.4, 0.5) is 17.1 Å². The molecule has 0 radical (unpaired) electrons. The van der Waals surface area contributed by atoms with Gasteiger partial charge < -0.3 is 4.90 Å². The van der Waals surface area contributed by atoms with Crippen LogP contribution in [-0.4, -0.2) is 0 Å². The maximum absolute atomic E-state index is 2.52. The number of fused-ring (bicyclic) bond motifs is 7. The van der Waals surface area contributed by atoms with Gasteiger partial charge in [-0.3, -0.25) is 0 Å². The van der Waals surface area contributed by atoms with Crippen molar-refractivity contribution in [3.63, 3.8) is 0 Å². The molecule has 2 heteroatoms. The van der Waals surface area contributed by atoms with Gasteiger partial charge in [-0.1, -0.05) is 123 Å². The molecule has 0 saturated heterocycles. The zero-order valence-electron chi connectivity index (χ0n) is 25.3. The average molecular weight is 594 g/mol. The third kappa shape index (κ3) is 3.99. The summed E-state index contributed by atoms with van der Waals surface area (Å²) in [6.45, 7) is 4.72. The molecule has 1 aromatic heterocycles. The van der Waals surface area contributed by atoms with E-state index >= 15 is 0 Å². The SMILES string of the molecule is CC1(C)c2ccccc2-c2c(N(c3cccc(-c4ccccc4)c3)c3cccc4sc5cc6ccccc6cc5c34)cccc21. The van der Waals surface area contributed by atoms with E-state index in [1.165, 1.54) is 75.7 Å². The maximum atomic E-state index is 2.52. The summed E-state index contributed by atoms with van der Waals surface area (Å²) in [5.41, 5.74) is 11.3. The molecule has 8 aromatic rings.